The molecular weight excluding hydrogens is 292 g/mol. The molecule has 2 atom stereocenters. The number of likely N-dealkylation sites (tertiary alicyclic amines) is 1. The molecule has 23 heavy (non-hydrogen) atoms. The zero-order valence-corrected chi connectivity index (χ0v) is 12.7. The largest absolute Gasteiger partial charge is 0.372 e. The molecule has 4 heterocycles. The van der Waals surface area contributed by atoms with E-state index in [1.165, 1.54) is 0 Å². The first kappa shape index (κ1) is 14.1. The highest BCUT2D eigenvalue weighted by molar-refractivity contribution is 5.94. The van der Waals surface area contributed by atoms with Gasteiger partial charge in [-0.15, -0.1) is 0 Å². The molecule has 2 aromatic heterocycles. The van der Waals surface area contributed by atoms with E-state index in [1.807, 2.05) is 17.2 Å². The lowest BCUT2D eigenvalue weighted by molar-refractivity contribution is 0.0302. The summed E-state index contributed by atoms with van der Waals surface area (Å²) in [5.41, 5.74) is 1.76. The van der Waals surface area contributed by atoms with Crippen LogP contribution in [0.5, 0.6) is 0 Å². The fourth-order valence-corrected chi connectivity index (χ4v) is 3.38. The topological polar surface area (TPSA) is 58.6 Å². The molecule has 2 saturated heterocycles. The average molecular weight is 310 g/mol. The first-order valence-electron chi connectivity index (χ1n) is 7.80. The first-order chi connectivity index (χ1) is 11.3. The minimum atomic E-state index is 0.0385. The van der Waals surface area contributed by atoms with Gasteiger partial charge in [-0.05, 0) is 24.3 Å². The fraction of sp³-hybridized carbons (Fsp3) is 0.353. The molecule has 0 aromatic carbocycles. The van der Waals surface area contributed by atoms with Crippen molar-refractivity contribution in [2.24, 2.45) is 0 Å². The number of carbonyl (C=O) groups is 1. The Bertz CT molecular complexity index is 680. The molecule has 0 aliphatic carbocycles. The quantitative estimate of drug-likeness (QED) is 0.834. The van der Waals surface area contributed by atoms with Gasteiger partial charge in [0.2, 0.25) is 0 Å². The number of ether oxygens (including phenoxy) is 1. The van der Waals surface area contributed by atoms with Crippen LogP contribution >= 0.6 is 0 Å². The number of pyridine rings is 2. The van der Waals surface area contributed by atoms with Crippen molar-refractivity contribution < 1.29 is 9.53 Å². The Kier molecular flexibility index (Phi) is 3.67. The van der Waals surface area contributed by atoms with Gasteiger partial charge in [-0.2, -0.15) is 0 Å². The molecule has 0 N–H and O–H groups in total. The third kappa shape index (κ3) is 2.66. The van der Waals surface area contributed by atoms with Crippen LogP contribution in [0, 0.1) is 0 Å². The van der Waals surface area contributed by atoms with Crippen molar-refractivity contribution in [1.82, 2.24) is 14.9 Å². The molecule has 2 fully saturated rings. The maximum atomic E-state index is 12.6. The molecule has 6 nitrogen and oxygen atoms in total. The van der Waals surface area contributed by atoms with Crippen molar-refractivity contribution in [3.63, 3.8) is 0 Å². The lowest BCUT2D eigenvalue weighted by atomic mass is 10.1. The summed E-state index contributed by atoms with van der Waals surface area (Å²) in [6.07, 6.45) is 6.99. The maximum Gasteiger partial charge on any atom is 0.254 e. The smallest absolute Gasteiger partial charge is 0.254 e. The van der Waals surface area contributed by atoms with Crippen LogP contribution in [0.15, 0.2) is 49.1 Å². The Balaban J connectivity index is 1.54. The summed E-state index contributed by atoms with van der Waals surface area (Å²) < 4.78 is 5.90. The van der Waals surface area contributed by atoms with Crippen molar-refractivity contribution in [1.29, 1.82) is 0 Å². The van der Waals surface area contributed by atoms with Crippen molar-refractivity contribution in [3.8, 4) is 0 Å². The summed E-state index contributed by atoms with van der Waals surface area (Å²) in [5.74, 6) is 0.0385. The van der Waals surface area contributed by atoms with Crippen LogP contribution in [-0.4, -0.2) is 59.2 Å². The van der Waals surface area contributed by atoms with Crippen molar-refractivity contribution >= 4 is 11.6 Å². The number of aromatic nitrogens is 2. The number of hydrogen-bond acceptors (Lipinski definition) is 5. The molecule has 1 amide bonds. The summed E-state index contributed by atoms with van der Waals surface area (Å²) >= 11 is 0. The lowest BCUT2D eigenvalue weighted by Crippen LogP contribution is -2.51. The van der Waals surface area contributed by atoms with Crippen LogP contribution < -0.4 is 4.90 Å². The van der Waals surface area contributed by atoms with Gasteiger partial charge in [0.05, 0.1) is 30.6 Å². The van der Waals surface area contributed by atoms with Gasteiger partial charge >= 0.3 is 0 Å². The van der Waals surface area contributed by atoms with Gasteiger partial charge in [0.25, 0.3) is 5.91 Å². The van der Waals surface area contributed by atoms with Crippen LogP contribution in [0.4, 0.5) is 5.69 Å². The highest BCUT2D eigenvalue weighted by Crippen LogP contribution is 2.28. The van der Waals surface area contributed by atoms with Crippen LogP contribution in [-0.2, 0) is 4.74 Å². The zero-order chi connectivity index (χ0) is 15.6. The second-order valence-electron chi connectivity index (χ2n) is 5.83. The van der Waals surface area contributed by atoms with E-state index in [0.717, 1.165) is 12.2 Å². The summed E-state index contributed by atoms with van der Waals surface area (Å²) in [4.78, 5) is 25.0. The normalized spacial score (nSPS) is 23.7. The second kappa shape index (κ2) is 5.96. The number of hydrogen-bond donors (Lipinski definition) is 0. The number of nitrogens with zero attached hydrogens (tertiary/aromatic N) is 4. The molecule has 4 rings (SSSR count). The molecule has 0 bridgehead atoms. The molecule has 2 aromatic rings. The Morgan fingerprint density at radius 3 is 2.78 bits per heavy atom. The van der Waals surface area contributed by atoms with E-state index in [4.69, 9.17) is 4.74 Å². The van der Waals surface area contributed by atoms with E-state index in [0.29, 0.717) is 25.3 Å². The van der Waals surface area contributed by atoms with E-state index < -0.39 is 0 Å². The first-order valence-corrected chi connectivity index (χ1v) is 7.80. The lowest BCUT2D eigenvalue weighted by Gasteiger charge is -2.38. The molecule has 0 unspecified atom stereocenters. The van der Waals surface area contributed by atoms with Gasteiger partial charge in [-0.3, -0.25) is 14.8 Å². The van der Waals surface area contributed by atoms with Crippen LogP contribution in [0.1, 0.15) is 10.4 Å². The number of carbonyl (C=O) groups excluding carboxylic acids is 1. The van der Waals surface area contributed by atoms with Crippen LogP contribution in [0.2, 0.25) is 0 Å². The van der Waals surface area contributed by atoms with Gasteiger partial charge in [0.1, 0.15) is 0 Å². The number of amides is 1. The Morgan fingerprint density at radius 2 is 2.00 bits per heavy atom. The van der Waals surface area contributed by atoms with Gasteiger partial charge in [-0.1, -0.05) is 0 Å². The van der Waals surface area contributed by atoms with Crippen molar-refractivity contribution in [2.75, 3.05) is 31.1 Å². The predicted molar refractivity (Wildman–Crippen MR) is 85.3 cm³/mol. The third-order valence-electron chi connectivity index (χ3n) is 4.49. The summed E-state index contributed by atoms with van der Waals surface area (Å²) in [6.45, 7) is 2.79. The minimum Gasteiger partial charge on any atom is -0.372 e. The number of anilines is 1. The maximum absolute atomic E-state index is 12.6. The molecule has 2 aliphatic heterocycles. The monoisotopic (exact) mass is 310 g/mol. The van der Waals surface area contributed by atoms with Crippen LogP contribution in [0.3, 0.4) is 0 Å². The van der Waals surface area contributed by atoms with E-state index in [2.05, 4.69) is 20.9 Å². The van der Waals surface area contributed by atoms with Gasteiger partial charge in [-0.25, -0.2) is 0 Å². The van der Waals surface area contributed by atoms with Gasteiger partial charge in [0.15, 0.2) is 0 Å². The Morgan fingerprint density at radius 1 is 1.13 bits per heavy atom. The van der Waals surface area contributed by atoms with Gasteiger partial charge < -0.3 is 14.5 Å². The molecular formula is C17H18N4O2. The summed E-state index contributed by atoms with van der Waals surface area (Å²) in [6, 6.07) is 7.68. The van der Waals surface area contributed by atoms with Crippen molar-refractivity contribution in [3.05, 3.63) is 54.6 Å². The molecule has 0 spiro atoms. The van der Waals surface area contributed by atoms with Crippen LogP contribution in [0.25, 0.3) is 0 Å². The van der Waals surface area contributed by atoms with Crippen molar-refractivity contribution in [2.45, 2.75) is 12.1 Å². The molecule has 118 valence electrons. The standard InChI is InChI=1S/C17H18N4O2/c22-17(13-3-6-18-7-4-13)20-11-15-16(12-20)23-9-8-21(15)14-2-1-5-19-10-14/h1-7,10,15-16H,8-9,11-12H2/t15-,16+/m1/s1. The van der Waals surface area contributed by atoms with E-state index in [9.17, 15) is 4.79 Å². The number of fused-ring (bicyclic) bond motifs is 1. The Labute approximate surface area is 134 Å². The average Bonchev–Trinajstić information content (AvgIpc) is 3.06. The van der Waals surface area contributed by atoms with E-state index in [1.54, 1.807) is 30.7 Å². The third-order valence-corrected chi connectivity index (χ3v) is 4.49. The highest BCUT2D eigenvalue weighted by Gasteiger charge is 2.42. The summed E-state index contributed by atoms with van der Waals surface area (Å²) in [7, 11) is 0. The second-order valence-corrected chi connectivity index (χ2v) is 5.83. The molecule has 2 aliphatic rings. The fourth-order valence-electron chi connectivity index (χ4n) is 3.38. The molecule has 0 saturated carbocycles. The molecule has 0 radical (unpaired) electrons. The SMILES string of the molecule is O=C(c1ccncc1)N1C[C@@H]2OCCN(c3cccnc3)[C@@H]2C1. The molecule has 6 heteroatoms. The van der Waals surface area contributed by atoms with Gasteiger partial charge in [0, 0.05) is 43.8 Å². The minimum absolute atomic E-state index is 0.0385. The zero-order valence-electron chi connectivity index (χ0n) is 12.7. The number of morpholine rings is 1. The Hall–Kier alpha value is -2.47. The highest BCUT2D eigenvalue weighted by atomic mass is 16.5. The van der Waals surface area contributed by atoms with E-state index >= 15 is 0 Å². The van der Waals surface area contributed by atoms with E-state index in [-0.39, 0.29) is 18.1 Å². The predicted octanol–water partition coefficient (Wildman–Crippen LogP) is 1.21. The number of rotatable bonds is 2. The summed E-state index contributed by atoms with van der Waals surface area (Å²) in [5, 5.41) is 0.